The van der Waals surface area contributed by atoms with Gasteiger partial charge in [-0.1, -0.05) is 6.07 Å². The Bertz CT molecular complexity index is 1170. The summed E-state index contributed by atoms with van der Waals surface area (Å²) >= 11 is 0. The fraction of sp³-hybridized carbons (Fsp3) is 0.278. The van der Waals surface area contributed by atoms with Crippen LogP contribution in [0.3, 0.4) is 0 Å². The van der Waals surface area contributed by atoms with Gasteiger partial charge < -0.3 is 9.47 Å². The number of pyridine rings is 1. The van der Waals surface area contributed by atoms with E-state index in [1.54, 1.807) is 36.6 Å². The molecule has 0 saturated carbocycles. The molecule has 0 spiro atoms. The molecule has 0 unspecified atom stereocenters. The number of hydrogen-bond acceptors (Lipinski definition) is 5. The molecule has 0 saturated heterocycles. The zero-order valence-corrected chi connectivity index (χ0v) is 16.5. The number of aromatic nitrogens is 3. The summed E-state index contributed by atoms with van der Waals surface area (Å²) in [6.45, 7) is 6.52. The van der Waals surface area contributed by atoms with Crippen LogP contribution in [0.4, 0.5) is 15.9 Å². The Labute approximate surface area is 162 Å². The third-order valence-corrected chi connectivity index (χ3v) is 5.55. The highest BCUT2D eigenvalue weighted by molar-refractivity contribution is 7.88. The minimum absolute atomic E-state index is 0.0681. The molecule has 3 rings (SSSR count). The second kappa shape index (κ2) is 7.53. The van der Waals surface area contributed by atoms with E-state index in [1.807, 2.05) is 17.7 Å². The third-order valence-electron chi connectivity index (χ3n) is 4.37. The lowest BCUT2D eigenvalue weighted by atomic mass is 10.2. The van der Waals surface area contributed by atoms with Crippen LogP contribution in [0, 0.1) is 12.4 Å². The van der Waals surface area contributed by atoms with Crippen LogP contribution in [-0.4, -0.2) is 47.2 Å². The minimum atomic E-state index is -3.56. The van der Waals surface area contributed by atoms with Gasteiger partial charge in [-0.15, -0.1) is 4.31 Å². The molecule has 0 atom stereocenters. The first-order chi connectivity index (χ1) is 13.2. The lowest BCUT2D eigenvalue weighted by molar-refractivity contribution is 0.441. The molecule has 0 aliphatic heterocycles. The average Bonchev–Trinajstić information content (AvgIpc) is 3.01. The van der Waals surface area contributed by atoms with E-state index < -0.39 is 15.8 Å². The molecule has 0 aliphatic carbocycles. The third kappa shape index (κ3) is 3.95. The van der Waals surface area contributed by atoms with Gasteiger partial charge in [0.15, 0.2) is 0 Å². The molecular weight excluding hydrogens is 383 g/mol. The van der Waals surface area contributed by atoms with Gasteiger partial charge in [-0.3, -0.25) is 4.85 Å². The normalized spacial score (nSPS) is 11.7. The number of anilines is 2. The second-order valence-electron chi connectivity index (χ2n) is 6.40. The van der Waals surface area contributed by atoms with Crippen LogP contribution in [0.1, 0.15) is 5.56 Å². The maximum absolute atomic E-state index is 14.7. The first kappa shape index (κ1) is 19.7. The fourth-order valence-corrected chi connectivity index (χ4v) is 3.45. The van der Waals surface area contributed by atoms with E-state index >= 15 is 0 Å². The van der Waals surface area contributed by atoms with Gasteiger partial charge in [0.2, 0.25) is 10.0 Å². The van der Waals surface area contributed by atoms with Gasteiger partial charge >= 0.3 is 0 Å². The number of rotatable bonds is 6. The van der Waals surface area contributed by atoms with Crippen molar-refractivity contribution in [2.75, 3.05) is 24.9 Å². The highest BCUT2D eigenvalue weighted by atomic mass is 32.2. The zero-order chi connectivity index (χ0) is 20.5. The number of aryl methyl sites for hydroxylation is 1. The Kier molecular flexibility index (Phi) is 5.31. The summed E-state index contributed by atoms with van der Waals surface area (Å²) in [6.07, 6.45) is 4.33. The summed E-state index contributed by atoms with van der Waals surface area (Å²) < 4.78 is 41.1. The number of halogens is 1. The quantitative estimate of drug-likeness (QED) is 0.592. The van der Waals surface area contributed by atoms with Gasteiger partial charge in [0.1, 0.15) is 17.2 Å². The van der Waals surface area contributed by atoms with Crippen LogP contribution in [-0.2, 0) is 23.6 Å². The van der Waals surface area contributed by atoms with Crippen molar-refractivity contribution in [3.63, 3.8) is 0 Å². The highest BCUT2D eigenvalue weighted by Gasteiger charge is 2.20. The predicted octanol–water partition coefficient (Wildman–Crippen LogP) is 2.51. The molecule has 0 aliphatic rings. The molecule has 3 aromatic rings. The molecule has 0 radical (unpaired) electrons. The molecule has 0 N–H and O–H groups in total. The van der Waals surface area contributed by atoms with E-state index in [4.69, 9.17) is 6.57 Å². The lowest BCUT2D eigenvalue weighted by Crippen LogP contribution is -2.29. The van der Waals surface area contributed by atoms with Crippen LogP contribution in [0.25, 0.3) is 15.9 Å². The molecule has 0 amide bonds. The average molecular weight is 402 g/mol. The van der Waals surface area contributed by atoms with E-state index in [-0.39, 0.29) is 13.2 Å². The van der Waals surface area contributed by atoms with Crippen molar-refractivity contribution in [1.29, 1.82) is 0 Å². The van der Waals surface area contributed by atoms with Gasteiger partial charge in [0, 0.05) is 26.7 Å². The van der Waals surface area contributed by atoms with Gasteiger partial charge in [-0.25, -0.2) is 29.3 Å². The molecule has 2 heterocycles. The molecule has 10 heteroatoms. The Morgan fingerprint density at radius 1 is 1.29 bits per heavy atom. The first-order valence-electron chi connectivity index (χ1n) is 8.28. The maximum Gasteiger partial charge on any atom is 0.283 e. The molecule has 0 bridgehead atoms. The van der Waals surface area contributed by atoms with Crippen molar-refractivity contribution in [3.05, 3.63) is 59.6 Å². The number of fused-ring (bicyclic) bond motifs is 1. The number of nitrogens with zero attached hydrogens (tertiary/aromatic N) is 6. The first-order valence-corrected chi connectivity index (χ1v) is 10.1. The number of imidazole rings is 1. The number of sulfonamides is 1. The summed E-state index contributed by atoms with van der Waals surface area (Å²) in [5, 5.41) is 0. The topological polar surface area (TPSA) is 75.7 Å². The molecule has 0 fully saturated rings. The van der Waals surface area contributed by atoms with Crippen LogP contribution >= 0.6 is 0 Å². The van der Waals surface area contributed by atoms with Gasteiger partial charge in [-0.05, 0) is 17.7 Å². The predicted molar refractivity (Wildman–Crippen MR) is 105 cm³/mol. The summed E-state index contributed by atoms with van der Waals surface area (Å²) in [5.41, 5.74) is 2.38. The van der Waals surface area contributed by atoms with Crippen molar-refractivity contribution < 1.29 is 12.8 Å². The van der Waals surface area contributed by atoms with Crippen LogP contribution in [0.2, 0.25) is 0 Å². The highest BCUT2D eigenvalue weighted by Crippen LogP contribution is 2.27. The van der Waals surface area contributed by atoms with E-state index in [0.717, 1.165) is 21.6 Å². The van der Waals surface area contributed by atoms with Crippen molar-refractivity contribution in [2.24, 2.45) is 7.05 Å². The number of benzene rings is 1. The van der Waals surface area contributed by atoms with Gasteiger partial charge in [-0.2, -0.15) is 0 Å². The lowest BCUT2D eigenvalue weighted by Gasteiger charge is -2.20. The molecule has 28 heavy (non-hydrogen) atoms. The van der Waals surface area contributed by atoms with Crippen molar-refractivity contribution in [1.82, 2.24) is 18.8 Å². The molecule has 8 nitrogen and oxygen atoms in total. The van der Waals surface area contributed by atoms with Crippen molar-refractivity contribution in [3.8, 4) is 0 Å². The molecule has 1 aromatic carbocycles. The molecule has 146 valence electrons. The Morgan fingerprint density at radius 2 is 2.04 bits per heavy atom. The van der Waals surface area contributed by atoms with Crippen LogP contribution in [0.5, 0.6) is 0 Å². The monoisotopic (exact) mass is 402 g/mol. The second-order valence-corrected chi connectivity index (χ2v) is 8.39. The molecular formula is C18H19FN6O2S. The van der Waals surface area contributed by atoms with Crippen molar-refractivity contribution in [2.45, 2.75) is 6.54 Å². The Balaban J connectivity index is 1.88. The largest absolute Gasteiger partial charge is 0.334 e. The van der Waals surface area contributed by atoms with Crippen LogP contribution in [0.15, 0.2) is 36.8 Å². The summed E-state index contributed by atoms with van der Waals surface area (Å²) in [4.78, 5) is 13.3. The maximum atomic E-state index is 14.7. The van der Waals surface area contributed by atoms with E-state index in [9.17, 15) is 12.8 Å². The fourth-order valence-electron chi connectivity index (χ4n) is 2.80. The van der Waals surface area contributed by atoms with E-state index in [1.165, 1.54) is 6.07 Å². The smallest absolute Gasteiger partial charge is 0.283 e. The van der Waals surface area contributed by atoms with Crippen molar-refractivity contribution >= 4 is 32.6 Å². The Morgan fingerprint density at radius 3 is 2.68 bits per heavy atom. The SMILES string of the molecule is [C-]#[N+]CN(Cc1ccc(N(C)c2cc3c(cn2)ncn3C)c(F)c1)S(C)(=O)=O. The van der Waals surface area contributed by atoms with Crippen LogP contribution < -0.4 is 4.90 Å². The summed E-state index contributed by atoms with van der Waals surface area (Å²) in [7, 11) is 0.00662. The summed E-state index contributed by atoms with van der Waals surface area (Å²) in [6, 6.07) is 6.30. The standard InChI is InChI=1S/C18H19FN6O2S/c1-20-11-25(28(4,26)27)10-13-5-6-16(14(19)7-13)24(3)18-8-17-15(9-21-18)22-12-23(17)2/h5-9,12H,10-11H2,2-4H3. The molecule has 2 aromatic heterocycles. The number of hydrogen-bond donors (Lipinski definition) is 0. The summed E-state index contributed by atoms with van der Waals surface area (Å²) in [5.74, 6) is 0.0386. The minimum Gasteiger partial charge on any atom is -0.334 e. The van der Waals surface area contributed by atoms with Gasteiger partial charge in [0.25, 0.3) is 6.67 Å². The van der Waals surface area contributed by atoms with E-state index in [0.29, 0.717) is 17.1 Å². The van der Waals surface area contributed by atoms with E-state index in [2.05, 4.69) is 14.8 Å². The zero-order valence-electron chi connectivity index (χ0n) is 15.7. The van der Waals surface area contributed by atoms with Gasteiger partial charge in [0.05, 0.1) is 30.0 Å². The Hall–Kier alpha value is -3.03.